The lowest BCUT2D eigenvalue weighted by atomic mass is 10.1. The maximum absolute atomic E-state index is 11.8. The van der Waals surface area contributed by atoms with E-state index in [1.807, 2.05) is 57.6 Å². The Labute approximate surface area is 114 Å². The molecular weight excluding hydrogens is 240 g/mol. The Kier molecular flexibility index (Phi) is 4.70. The van der Waals surface area contributed by atoms with Crippen LogP contribution in [0.15, 0.2) is 24.7 Å². The number of hydrogen-bond donors (Lipinski definition) is 0. The molecule has 2 aromatic heterocycles. The van der Waals surface area contributed by atoms with Crippen molar-refractivity contribution in [2.45, 2.75) is 40.2 Å². The quantitative estimate of drug-likeness (QED) is 0.780. The zero-order chi connectivity index (χ0) is 14.6. The number of esters is 1. The molecule has 0 aromatic carbocycles. The number of pyridine rings is 1. The molecule has 4 heteroatoms. The number of fused-ring (bicyclic) bond motifs is 1. The van der Waals surface area contributed by atoms with Gasteiger partial charge in [0.2, 0.25) is 0 Å². The minimum absolute atomic E-state index is 0.258. The lowest BCUT2D eigenvalue weighted by Gasteiger charge is -2.24. The molecule has 0 aliphatic rings. The Hall–Kier alpha value is -1.84. The van der Waals surface area contributed by atoms with Crippen molar-refractivity contribution in [3.63, 3.8) is 0 Å². The Morgan fingerprint density at radius 3 is 2.58 bits per heavy atom. The van der Waals surface area contributed by atoms with Gasteiger partial charge in [-0.3, -0.25) is 4.98 Å². The fourth-order valence-corrected chi connectivity index (χ4v) is 2.04. The van der Waals surface area contributed by atoms with E-state index < -0.39 is 5.54 Å². The minimum Gasteiger partial charge on any atom is -0.467 e. The van der Waals surface area contributed by atoms with Crippen LogP contribution in [0.1, 0.15) is 33.3 Å². The molecule has 0 saturated carbocycles. The number of ether oxygens (including phenoxy) is 1. The van der Waals surface area contributed by atoms with Gasteiger partial charge in [-0.05, 0) is 32.4 Å². The maximum Gasteiger partial charge on any atom is 0.331 e. The van der Waals surface area contributed by atoms with Crippen molar-refractivity contribution < 1.29 is 9.53 Å². The van der Waals surface area contributed by atoms with Gasteiger partial charge in [-0.15, -0.1) is 0 Å². The molecule has 0 N–H and O–H groups in total. The van der Waals surface area contributed by atoms with Crippen molar-refractivity contribution in [2.75, 3.05) is 7.11 Å². The number of carbonyl (C=O) groups is 1. The third-order valence-corrected chi connectivity index (χ3v) is 3.09. The van der Waals surface area contributed by atoms with Gasteiger partial charge in [0.15, 0.2) is 0 Å². The number of aromatic nitrogens is 2. The predicted molar refractivity (Wildman–Crippen MR) is 77.2 cm³/mol. The standard InChI is InChI=1S/C13H16N2O2.C2H6/c1-9-8-15(13(2,3)12(16)17-4)11-5-6-14-7-10(9)11;1-2/h5-8H,1-4H3;1-2H3. The molecule has 104 valence electrons. The molecule has 0 amide bonds. The van der Waals surface area contributed by atoms with Crippen LogP contribution in [-0.4, -0.2) is 22.6 Å². The van der Waals surface area contributed by atoms with Crippen LogP contribution in [0.25, 0.3) is 10.9 Å². The van der Waals surface area contributed by atoms with Crippen molar-refractivity contribution in [3.8, 4) is 0 Å². The monoisotopic (exact) mass is 262 g/mol. The summed E-state index contributed by atoms with van der Waals surface area (Å²) in [5, 5.41) is 1.06. The van der Waals surface area contributed by atoms with Crippen molar-refractivity contribution in [2.24, 2.45) is 0 Å². The Morgan fingerprint density at radius 2 is 2.00 bits per heavy atom. The van der Waals surface area contributed by atoms with E-state index in [1.165, 1.54) is 7.11 Å². The molecule has 0 spiro atoms. The molecule has 2 heterocycles. The van der Waals surface area contributed by atoms with Crippen LogP contribution in [-0.2, 0) is 15.1 Å². The molecule has 0 aliphatic heterocycles. The van der Waals surface area contributed by atoms with E-state index in [0.717, 1.165) is 16.5 Å². The van der Waals surface area contributed by atoms with Gasteiger partial charge >= 0.3 is 5.97 Å². The van der Waals surface area contributed by atoms with Crippen LogP contribution < -0.4 is 0 Å². The Bertz CT molecular complexity index is 571. The Morgan fingerprint density at radius 1 is 1.37 bits per heavy atom. The summed E-state index contributed by atoms with van der Waals surface area (Å²) >= 11 is 0. The molecule has 0 radical (unpaired) electrons. The first-order chi connectivity index (χ1) is 8.98. The molecule has 19 heavy (non-hydrogen) atoms. The van der Waals surface area contributed by atoms with Crippen LogP contribution in [0.5, 0.6) is 0 Å². The van der Waals surface area contributed by atoms with E-state index in [2.05, 4.69) is 4.98 Å². The lowest BCUT2D eigenvalue weighted by molar-refractivity contribution is -0.149. The van der Waals surface area contributed by atoms with E-state index in [0.29, 0.717) is 0 Å². The molecule has 0 atom stereocenters. The van der Waals surface area contributed by atoms with Gasteiger partial charge < -0.3 is 9.30 Å². The summed E-state index contributed by atoms with van der Waals surface area (Å²) in [6.07, 6.45) is 5.50. The second kappa shape index (κ2) is 5.87. The first-order valence-corrected chi connectivity index (χ1v) is 6.49. The van der Waals surface area contributed by atoms with Crippen molar-refractivity contribution in [3.05, 3.63) is 30.2 Å². The van der Waals surface area contributed by atoms with E-state index in [-0.39, 0.29) is 5.97 Å². The molecule has 4 nitrogen and oxygen atoms in total. The summed E-state index contributed by atoms with van der Waals surface area (Å²) in [6, 6.07) is 1.91. The van der Waals surface area contributed by atoms with Gasteiger partial charge in [-0.2, -0.15) is 0 Å². The highest BCUT2D eigenvalue weighted by atomic mass is 16.5. The number of carbonyl (C=O) groups excluding carboxylic acids is 1. The average Bonchev–Trinajstić information content (AvgIpc) is 2.78. The molecular formula is C15H22N2O2. The average molecular weight is 262 g/mol. The van der Waals surface area contributed by atoms with Crippen LogP contribution in [0.2, 0.25) is 0 Å². The smallest absolute Gasteiger partial charge is 0.331 e. The van der Waals surface area contributed by atoms with Gasteiger partial charge in [0.05, 0.1) is 12.6 Å². The molecule has 2 rings (SSSR count). The molecule has 0 unspecified atom stereocenters. The van der Waals surface area contributed by atoms with E-state index >= 15 is 0 Å². The van der Waals surface area contributed by atoms with Crippen molar-refractivity contribution >= 4 is 16.9 Å². The molecule has 0 fully saturated rings. The van der Waals surface area contributed by atoms with Crippen molar-refractivity contribution in [1.82, 2.24) is 9.55 Å². The topological polar surface area (TPSA) is 44.1 Å². The summed E-state index contributed by atoms with van der Waals surface area (Å²) in [7, 11) is 1.41. The van der Waals surface area contributed by atoms with Gasteiger partial charge in [0.25, 0.3) is 0 Å². The highest BCUT2D eigenvalue weighted by Gasteiger charge is 2.32. The van der Waals surface area contributed by atoms with Gasteiger partial charge in [0, 0.05) is 24.0 Å². The second-order valence-electron chi connectivity index (χ2n) is 4.63. The fraction of sp³-hybridized carbons (Fsp3) is 0.467. The summed E-state index contributed by atoms with van der Waals surface area (Å²) in [5.41, 5.74) is 1.38. The Balaban J connectivity index is 0.000000861. The van der Waals surface area contributed by atoms with Crippen molar-refractivity contribution in [1.29, 1.82) is 0 Å². The number of methoxy groups -OCH3 is 1. The van der Waals surface area contributed by atoms with Gasteiger partial charge in [-0.25, -0.2) is 4.79 Å². The number of rotatable bonds is 2. The first kappa shape index (κ1) is 15.2. The highest BCUT2D eigenvalue weighted by Crippen LogP contribution is 2.27. The molecule has 0 saturated heterocycles. The van der Waals surface area contributed by atoms with E-state index in [9.17, 15) is 4.79 Å². The van der Waals surface area contributed by atoms with Crippen LogP contribution in [0.4, 0.5) is 0 Å². The number of aryl methyl sites for hydroxylation is 1. The number of hydrogen-bond acceptors (Lipinski definition) is 3. The van der Waals surface area contributed by atoms with E-state index in [4.69, 9.17) is 4.74 Å². The normalized spacial score (nSPS) is 10.8. The highest BCUT2D eigenvalue weighted by molar-refractivity contribution is 5.86. The summed E-state index contributed by atoms with van der Waals surface area (Å²) < 4.78 is 6.79. The third-order valence-electron chi connectivity index (χ3n) is 3.09. The molecule has 2 aromatic rings. The molecule has 0 bridgehead atoms. The maximum atomic E-state index is 11.8. The zero-order valence-electron chi connectivity index (χ0n) is 12.5. The van der Waals surface area contributed by atoms with E-state index in [1.54, 1.807) is 6.20 Å². The molecule has 0 aliphatic carbocycles. The minimum atomic E-state index is -0.720. The largest absolute Gasteiger partial charge is 0.467 e. The van der Waals surface area contributed by atoms with Gasteiger partial charge in [0.1, 0.15) is 5.54 Å². The lowest BCUT2D eigenvalue weighted by Crippen LogP contribution is -2.36. The second-order valence-corrected chi connectivity index (χ2v) is 4.63. The SMILES string of the molecule is CC.COC(=O)C(C)(C)n1cc(C)c2cnccc21. The third kappa shape index (κ3) is 2.62. The number of nitrogens with zero attached hydrogens (tertiary/aromatic N) is 2. The summed E-state index contributed by atoms with van der Waals surface area (Å²) in [5.74, 6) is -0.258. The van der Waals surface area contributed by atoms with Crippen LogP contribution >= 0.6 is 0 Å². The summed E-state index contributed by atoms with van der Waals surface area (Å²) in [4.78, 5) is 15.9. The van der Waals surface area contributed by atoms with Gasteiger partial charge in [-0.1, -0.05) is 13.8 Å². The van der Waals surface area contributed by atoms with Crippen LogP contribution in [0, 0.1) is 6.92 Å². The predicted octanol–water partition coefficient (Wildman–Crippen LogP) is 3.28. The fourth-order valence-electron chi connectivity index (χ4n) is 2.04. The first-order valence-electron chi connectivity index (χ1n) is 6.49. The zero-order valence-corrected chi connectivity index (χ0v) is 12.5. The summed E-state index contributed by atoms with van der Waals surface area (Å²) in [6.45, 7) is 9.70. The van der Waals surface area contributed by atoms with Crippen LogP contribution in [0.3, 0.4) is 0 Å².